The summed E-state index contributed by atoms with van der Waals surface area (Å²) < 4.78 is 6.10. The molecule has 0 radical (unpaired) electrons. The highest BCUT2D eigenvalue weighted by Gasteiger charge is 2.27. The largest absolute Gasteiger partial charge is 0.503 e. The fourth-order valence-corrected chi connectivity index (χ4v) is 6.33. The molecule has 8 nitrogen and oxygen atoms in total. The van der Waals surface area contributed by atoms with E-state index >= 15 is 0 Å². The van der Waals surface area contributed by atoms with E-state index in [4.69, 9.17) is 29.5 Å². The molecule has 3 heterocycles. The van der Waals surface area contributed by atoms with Crippen LogP contribution in [-0.2, 0) is 12.8 Å². The number of nitrogens with zero attached hydrogens (tertiary/aromatic N) is 4. The Hall–Kier alpha value is -6.54. The third kappa shape index (κ3) is 8.25. The van der Waals surface area contributed by atoms with Crippen molar-refractivity contribution in [2.24, 2.45) is 0 Å². The number of aromatic nitrogens is 3. The molecule has 1 aliphatic rings. The van der Waals surface area contributed by atoms with Crippen LogP contribution in [0.15, 0.2) is 150 Å². The van der Waals surface area contributed by atoms with Crippen LogP contribution in [-0.4, -0.2) is 31.5 Å². The molecule has 1 fully saturated rings. The number of carbonyl (C=O) groups is 1. The maximum atomic E-state index is 8.56. The quantitative estimate of drug-likeness (QED) is 0.146. The summed E-state index contributed by atoms with van der Waals surface area (Å²) in [6, 6.07) is 50.8. The van der Waals surface area contributed by atoms with E-state index in [0.717, 1.165) is 58.7 Å². The summed E-state index contributed by atoms with van der Waals surface area (Å²) in [5.74, 6) is 2.94. The first kappa shape index (κ1) is 33.9. The normalized spacial score (nSPS) is 12.1. The summed E-state index contributed by atoms with van der Waals surface area (Å²) in [4.78, 5) is 21.0. The first-order valence-corrected chi connectivity index (χ1v) is 17.3. The minimum absolute atomic E-state index is 0.675. The van der Waals surface area contributed by atoms with E-state index in [-0.39, 0.29) is 0 Å². The molecule has 0 atom stereocenters. The highest BCUT2D eigenvalue weighted by Crippen LogP contribution is 2.43. The van der Waals surface area contributed by atoms with Crippen LogP contribution in [0, 0.1) is 6.92 Å². The van der Waals surface area contributed by atoms with Crippen molar-refractivity contribution < 1.29 is 19.5 Å². The summed E-state index contributed by atoms with van der Waals surface area (Å²) in [6.07, 6.45) is 2.23. The van der Waals surface area contributed by atoms with Gasteiger partial charge in [-0.3, -0.25) is 4.90 Å². The van der Waals surface area contributed by atoms with Gasteiger partial charge in [0.15, 0.2) is 5.76 Å². The molecule has 7 aromatic rings. The van der Waals surface area contributed by atoms with Gasteiger partial charge in [-0.1, -0.05) is 126 Å². The van der Waals surface area contributed by atoms with Crippen LogP contribution < -0.4 is 4.90 Å². The Bertz CT molecular complexity index is 2160. The van der Waals surface area contributed by atoms with Crippen molar-refractivity contribution >= 4 is 23.5 Å². The molecule has 0 bridgehead atoms. The standard InChI is InChI=1S/C43H36N4O.CH2O3/c1-30-42(43(48-46-30)37-26-24-36(25-27-37)35-22-20-34(21-23-35)33-18-19-33)47(40-16-8-14-38(44-40)28-31-10-4-2-5-11-31)41-17-9-15-39(45-41)29-32-12-6-3-7-13-32;2-1(3)4/h2-17,20-27,33H,18-19,28-29H2,1H3;(H2,2,3,4). The average molecular weight is 687 g/mol. The number of benzene rings is 4. The van der Waals surface area contributed by atoms with E-state index in [1.807, 2.05) is 31.2 Å². The molecule has 2 N–H and O–H groups in total. The topological polar surface area (TPSA) is 113 Å². The maximum Gasteiger partial charge on any atom is 0.503 e. The maximum absolute atomic E-state index is 8.56. The molecule has 258 valence electrons. The monoisotopic (exact) mass is 686 g/mol. The van der Waals surface area contributed by atoms with Gasteiger partial charge < -0.3 is 14.7 Å². The van der Waals surface area contributed by atoms with Crippen LogP contribution in [0.5, 0.6) is 0 Å². The van der Waals surface area contributed by atoms with Crippen LogP contribution in [0.25, 0.3) is 22.5 Å². The van der Waals surface area contributed by atoms with E-state index in [2.05, 4.69) is 131 Å². The molecule has 1 saturated carbocycles. The van der Waals surface area contributed by atoms with Gasteiger partial charge in [-0.15, -0.1) is 0 Å². The van der Waals surface area contributed by atoms with Crippen LogP contribution in [0.2, 0.25) is 0 Å². The summed E-state index contributed by atoms with van der Waals surface area (Å²) in [5.41, 5.74) is 10.7. The third-order valence-electron chi connectivity index (χ3n) is 8.99. The predicted octanol–water partition coefficient (Wildman–Crippen LogP) is 10.9. The van der Waals surface area contributed by atoms with Gasteiger partial charge in [-0.05, 0) is 77.8 Å². The lowest BCUT2D eigenvalue weighted by Crippen LogP contribution is -2.16. The Morgan fingerprint density at radius 3 is 1.58 bits per heavy atom. The van der Waals surface area contributed by atoms with Gasteiger partial charge in [0.25, 0.3) is 0 Å². The van der Waals surface area contributed by atoms with E-state index in [1.54, 1.807) is 0 Å². The zero-order chi connectivity index (χ0) is 35.9. The molecule has 8 heteroatoms. The van der Waals surface area contributed by atoms with Crippen molar-refractivity contribution in [2.45, 2.75) is 38.5 Å². The van der Waals surface area contributed by atoms with Crippen molar-refractivity contribution in [3.8, 4) is 22.5 Å². The van der Waals surface area contributed by atoms with Gasteiger partial charge >= 0.3 is 6.16 Å². The Kier molecular flexibility index (Phi) is 10.2. The lowest BCUT2D eigenvalue weighted by atomic mass is 10.00. The molecule has 0 amide bonds. The number of hydrogen-bond donors (Lipinski definition) is 2. The van der Waals surface area contributed by atoms with Gasteiger partial charge in [0.2, 0.25) is 0 Å². The van der Waals surface area contributed by atoms with E-state index in [9.17, 15) is 0 Å². The van der Waals surface area contributed by atoms with E-state index < -0.39 is 6.16 Å². The molecule has 0 aliphatic heterocycles. The molecule has 8 rings (SSSR count). The second-order valence-corrected chi connectivity index (χ2v) is 12.8. The number of carboxylic acid groups (broad SMARTS) is 2. The second-order valence-electron chi connectivity index (χ2n) is 12.8. The smallest absolute Gasteiger partial charge is 0.450 e. The minimum Gasteiger partial charge on any atom is -0.450 e. The number of anilines is 3. The Morgan fingerprint density at radius 2 is 1.10 bits per heavy atom. The lowest BCUT2D eigenvalue weighted by Gasteiger charge is -2.24. The van der Waals surface area contributed by atoms with Gasteiger partial charge in [-0.25, -0.2) is 14.8 Å². The molecule has 4 aromatic carbocycles. The Labute approximate surface area is 302 Å². The molecule has 3 aromatic heterocycles. The number of aryl methyl sites for hydroxylation is 1. The van der Waals surface area contributed by atoms with E-state index in [0.29, 0.717) is 5.76 Å². The minimum atomic E-state index is -1.83. The SMILES string of the molecule is Cc1noc(-c2ccc(-c3ccc(C4CC4)cc3)cc2)c1N(c1cccc(Cc2ccccc2)n1)c1cccc(Cc2ccccc2)n1.O=C(O)O. The Morgan fingerprint density at radius 1 is 0.635 bits per heavy atom. The van der Waals surface area contributed by atoms with Gasteiger partial charge in [0.1, 0.15) is 23.0 Å². The molecule has 1 aliphatic carbocycles. The molecule has 0 saturated heterocycles. The number of hydrogen-bond acceptors (Lipinski definition) is 6. The Balaban J connectivity index is 0.00000100. The van der Waals surface area contributed by atoms with Gasteiger partial charge in [0.05, 0.1) is 0 Å². The van der Waals surface area contributed by atoms with Crippen LogP contribution in [0.4, 0.5) is 22.1 Å². The zero-order valence-corrected chi connectivity index (χ0v) is 28.8. The summed E-state index contributed by atoms with van der Waals surface area (Å²) in [5, 5.41) is 18.4. The fraction of sp³-hybridized carbons (Fsp3) is 0.136. The van der Waals surface area contributed by atoms with Crippen molar-refractivity contribution in [1.82, 2.24) is 15.1 Å². The van der Waals surface area contributed by atoms with Crippen LogP contribution >= 0.6 is 0 Å². The molecule has 0 unspecified atom stereocenters. The first-order valence-electron chi connectivity index (χ1n) is 17.3. The highest BCUT2D eigenvalue weighted by molar-refractivity contribution is 5.85. The van der Waals surface area contributed by atoms with Crippen molar-refractivity contribution in [1.29, 1.82) is 0 Å². The molecule has 0 spiro atoms. The average Bonchev–Trinajstić information content (AvgIpc) is 3.95. The highest BCUT2D eigenvalue weighted by atomic mass is 16.6. The first-order chi connectivity index (χ1) is 25.4. The van der Waals surface area contributed by atoms with Crippen molar-refractivity contribution in [3.05, 3.63) is 179 Å². The van der Waals surface area contributed by atoms with Crippen molar-refractivity contribution in [2.75, 3.05) is 4.90 Å². The molecular weight excluding hydrogens is 649 g/mol. The van der Waals surface area contributed by atoms with Gasteiger partial charge in [0, 0.05) is 29.8 Å². The molecular formula is C44H38N4O4. The second kappa shape index (κ2) is 15.6. The van der Waals surface area contributed by atoms with E-state index in [1.165, 1.54) is 40.7 Å². The summed E-state index contributed by atoms with van der Waals surface area (Å²) in [7, 11) is 0. The van der Waals surface area contributed by atoms with Crippen LogP contribution in [0.3, 0.4) is 0 Å². The van der Waals surface area contributed by atoms with Crippen molar-refractivity contribution in [3.63, 3.8) is 0 Å². The number of rotatable bonds is 10. The van der Waals surface area contributed by atoms with Gasteiger partial charge in [-0.2, -0.15) is 0 Å². The third-order valence-corrected chi connectivity index (χ3v) is 8.99. The summed E-state index contributed by atoms with van der Waals surface area (Å²) in [6.45, 7) is 1.98. The number of pyridine rings is 2. The summed E-state index contributed by atoms with van der Waals surface area (Å²) >= 11 is 0. The van der Waals surface area contributed by atoms with Crippen LogP contribution in [0.1, 0.15) is 52.5 Å². The zero-order valence-electron chi connectivity index (χ0n) is 28.8. The molecule has 52 heavy (non-hydrogen) atoms. The lowest BCUT2D eigenvalue weighted by molar-refractivity contribution is 0.137. The predicted molar refractivity (Wildman–Crippen MR) is 204 cm³/mol. The fourth-order valence-electron chi connectivity index (χ4n) is 6.33.